The summed E-state index contributed by atoms with van der Waals surface area (Å²) in [4.78, 5) is 25.3. The maximum atomic E-state index is 13.5. The van der Waals surface area contributed by atoms with Gasteiger partial charge in [-0.1, -0.05) is 18.2 Å². The fourth-order valence-corrected chi connectivity index (χ4v) is 5.33. The smallest absolute Gasteiger partial charge is 0.744 e. The van der Waals surface area contributed by atoms with Gasteiger partial charge in [0.25, 0.3) is 0 Å². The number of carbonyl (C=O) groups is 2. The molecule has 1 aliphatic rings. The number of hydrogen-bond acceptors (Lipinski definition) is 10. The van der Waals surface area contributed by atoms with Gasteiger partial charge in [0.2, 0.25) is 0 Å². The number of nitrogen functional groups attached to an aromatic ring is 1. The van der Waals surface area contributed by atoms with Crippen LogP contribution in [0.2, 0.25) is 0 Å². The van der Waals surface area contributed by atoms with E-state index in [0.29, 0.717) is 11.1 Å². The minimum atomic E-state index is -5.12. The van der Waals surface area contributed by atoms with Gasteiger partial charge >= 0.3 is 59.1 Å². The number of benzene rings is 3. The Morgan fingerprint density at radius 1 is 0.750 bits per heavy atom. The van der Waals surface area contributed by atoms with E-state index in [4.69, 9.17) is 5.73 Å². The number of nitrogens with one attached hydrogen (secondary N) is 1. The molecule has 0 aliphatic heterocycles. The summed E-state index contributed by atoms with van der Waals surface area (Å²) in [7, 11) is -10.0. The Balaban J connectivity index is 0.00000228. The molecule has 4 rings (SSSR count). The van der Waals surface area contributed by atoms with Gasteiger partial charge < -0.3 is 20.2 Å². The first-order valence-corrected chi connectivity index (χ1v) is 12.5. The van der Waals surface area contributed by atoms with E-state index >= 15 is 0 Å². The molecular formula is C22H16N2Na2O8S2. The first-order valence-electron chi connectivity index (χ1n) is 9.66. The standard InChI is InChI=1S/C22H18N2O8S2.2Na/c1-10-6-7-13(16(8-10)34(30,31)32)24-14-9-11(2)20(23)19-18(14)22(26)17-12(21(19)25)4-3-5-15(17)33(27,28)29;;/h3-9,24H,23H2,1-2H3,(H,27,28,29)(H,30,31,32);;/q;2*+1/p-2. The summed E-state index contributed by atoms with van der Waals surface area (Å²) in [5.41, 5.74) is 5.19. The van der Waals surface area contributed by atoms with E-state index in [9.17, 15) is 35.5 Å². The molecule has 0 spiro atoms. The third-order valence-corrected chi connectivity index (χ3v) is 7.23. The SMILES string of the molecule is Cc1ccc(Nc2cc(C)c(N)c3c2C(=O)c2c(cccc2S(=O)(=O)[O-])C3=O)c(S(=O)(=O)[O-])c1.[Na+].[Na+]. The summed E-state index contributed by atoms with van der Waals surface area (Å²) < 4.78 is 70.8. The van der Waals surface area contributed by atoms with Crippen molar-refractivity contribution in [2.24, 2.45) is 0 Å². The second-order valence-corrected chi connectivity index (χ2v) is 10.5. The molecule has 0 saturated heterocycles. The van der Waals surface area contributed by atoms with Crippen LogP contribution in [-0.4, -0.2) is 37.5 Å². The molecule has 0 unspecified atom stereocenters. The Bertz CT molecular complexity index is 1650. The number of aryl methyl sites for hydroxylation is 2. The molecule has 3 aromatic carbocycles. The van der Waals surface area contributed by atoms with Gasteiger partial charge in [-0.25, -0.2) is 16.8 Å². The van der Waals surface area contributed by atoms with Gasteiger partial charge in [-0.2, -0.15) is 0 Å². The Labute approximate surface area is 251 Å². The number of carbonyl (C=O) groups excluding carboxylic acids is 2. The Hall–Kier alpha value is -1.58. The molecule has 0 bridgehead atoms. The van der Waals surface area contributed by atoms with Crippen LogP contribution in [0.4, 0.5) is 17.1 Å². The first kappa shape index (κ1) is 30.6. The molecule has 0 atom stereocenters. The number of ketones is 2. The maximum Gasteiger partial charge on any atom is 1.00 e. The molecule has 1 aliphatic carbocycles. The zero-order valence-corrected chi connectivity index (χ0v) is 25.3. The van der Waals surface area contributed by atoms with Crippen molar-refractivity contribution in [2.75, 3.05) is 11.1 Å². The first-order chi connectivity index (χ1) is 15.7. The fraction of sp³-hybridized carbons (Fsp3) is 0.0909. The number of fused-ring (bicyclic) bond motifs is 2. The predicted octanol–water partition coefficient (Wildman–Crippen LogP) is -3.78. The Kier molecular flexibility index (Phi) is 9.07. The van der Waals surface area contributed by atoms with Crippen molar-refractivity contribution in [2.45, 2.75) is 23.6 Å². The van der Waals surface area contributed by atoms with Crippen molar-refractivity contribution >= 4 is 48.9 Å². The van der Waals surface area contributed by atoms with Gasteiger partial charge in [-0.05, 0) is 49.2 Å². The molecule has 36 heavy (non-hydrogen) atoms. The number of nitrogens with two attached hydrogens (primary N) is 1. The van der Waals surface area contributed by atoms with Crippen LogP contribution in [0.1, 0.15) is 43.0 Å². The summed E-state index contributed by atoms with van der Waals surface area (Å²) >= 11 is 0. The molecule has 14 heteroatoms. The summed E-state index contributed by atoms with van der Waals surface area (Å²) in [6, 6.07) is 8.65. The average molecular weight is 546 g/mol. The molecule has 0 saturated carbocycles. The zero-order valence-electron chi connectivity index (χ0n) is 19.7. The average Bonchev–Trinajstić information content (AvgIpc) is 2.73. The van der Waals surface area contributed by atoms with Crippen LogP contribution in [0.25, 0.3) is 0 Å². The zero-order chi connectivity index (χ0) is 25.2. The number of rotatable bonds is 4. The van der Waals surface area contributed by atoms with Crippen LogP contribution in [-0.2, 0) is 20.2 Å². The van der Waals surface area contributed by atoms with Gasteiger partial charge in [-0.15, -0.1) is 0 Å². The van der Waals surface area contributed by atoms with Gasteiger partial charge in [0.1, 0.15) is 20.2 Å². The molecule has 0 fully saturated rings. The number of hydrogen-bond donors (Lipinski definition) is 2. The van der Waals surface area contributed by atoms with E-state index in [1.165, 1.54) is 30.3 Å². The molecule has 0 amide bonds. The van der Waals surface area contributed by atoms with E-state index in [-0.39, 0.29) is 92.9 Å². The summed E-state index contributed by atoms with van der Waals surface area (Å²) in [6.07, 6.45) is 0. The third kappa shape index (κ3) is 5.34. The van der Waals surface area contributed by atoms with Gasteiger partial charge in [-0.3, -0.25) is 9.59 Å². The van der Waals surface area contributed by atoms with E-state index in [2.05, 4.69) is 5.32 Å². The second-order valence-electron chi connectivity index (χ2n) is 7.77. The summed E-state index contributed by atoms with van der Waals surface area (Å²) in [5.74, 6) is -1.74. The molecule has 3 N–H and O–H groups in total. The summed E-state index contributed by atoms with van der Waals surface area (Å²) in [6.45, 7) is 3.13. The fourth-order valence-electron chi connectivity index (χ4n) is 3.91. The third-order valence-electron chi connectivity index (χ3n) is 5.47. The van der Waals surface area contributed by atoms with Crippen molar-refractivity contribution < 1.29 is 94.6 Å². The topological polar surface area (TPSA) is 187 Å². The molecule has 3 aromatic rings. The van der Waals surface area contributed by atoms with Crippen molar-refractivity contribution in [3.63, 3.8) is 0 Å². The largest absolute Gasteiger partial charge is 1.00 e. The van der Waals surface area contributed by atoms with E-state index in [1.807, 2.05) is 0 Å². The molecule has 0 heterocycles. The normalized spacial score (nSPS) is 12.7. The minimum absolute atomic E-state index is 0. The summed E-state index contributed by atoms with van der Waals surface area (Å²) in [5, 5.41) is 2.71. The van der Waals surface area contributed by atoms with Crippen LogP contribution in [0.5, 0.6) is 0 Å². The van der Waals surface area contributed by atoms with E-state index < -0.39 is 47.2 Å². The van der Waals surface area contributed by atoms with Crippen LogP contribution >= 0.6 is 0 Å². The van der Waals surface area contributed by atoms with Gasteiger partial charge in [0.15, 0.2) is 11.6 Å². The monoisotopic (exact) mass is 546 g/mol. The van der Waals surface area contributed by atoms with Crippen LogP contribution in [0.3, 0.4) is 0 Å². The Morgan fingerprint density at radius 3 is 1.94 bits per heavy atom. The molecule has 10 nitrogen and oxygen atoms in total. The van der Waals surface area contributed by atoms with Crippen molar-refractivity contribution in [1.29, 1.82) is 0 Å². The van der Waals surface area contributed by atoms with Gasteiger partial charge in [0, 0.05) is 11.3 Å². The molecule has 0 radical (unpaired) electrons. The van der Waals surface area contributed by atoms with Crippen LogP contribution in [0, 0.1) is 13.8 Å². The maximum absolute atomic E-state index is 13.5. The van der Waals surface area contributed by atoms with Crippen molar-refractivity contribution in [3.8, 4) is 0 Å². The predicted molar refractivity (Wildman–Crippen MR) is 119 cm³/mol. The van der Waals surface area contributed by atoms with E-state index in [0.717, 1.165) is 12.1 Å². The van der Waals surface area contributed by atoms with Crippen molar-refractivity contribution in [1.82, 2.24) is 0 Å². The Morgan fingerprint density at radius 2 is 1.36 bits per heavy atom. The molecular weight excluding hydrogens is 530 g/mol. The molecule has 0 aromatic heterocycles. The van der Waals surface area contributed by atoms with E-state index in [1.54, 1.807) is 13.8 Å². The molecule has 176 valence electrons. The quantitative estimate of drug-likeness (QED) is 0.146. The second kappa shape index (κ2) is 10.7. The van der Waals surface area contributed by atoms with Crippen molar-refractivity contribution in [3.05, 3.63) is 75.8 Å². The van der Waals surface area contributed by atoms with Crippen LogP contribution < -0.4 is 70.2 Å². The van der Waals surface area contributed by atoms with Crippen LogP contribution in [0.15, 0.2) is 52.3 Å². The minimum Gasteiger partial charge on any atom is -0.744 e. The number of anilines is 3. The van der Waals surface area contributed by atoms with Gasteiger partial charge in [0.05, 0.1) is 37.9 Å².